The topological polar surface area (TPSA) is 100 Å². The van der Waals surface area contributed by atoms with Gasteiger partial charge in [-0.3, -0.25) is 18.8 Å². The number of aromatic nitrogens is 4. The molecule has 3 heterocycles. The van der Waals surface area contributed by atoms with Gasteiger partial charge in [0.05, 0.1) is 12.2 Å². The van der Waals surface area contributed by atoms with E-state index in [0.717, 1.165) is 5.56 Å². The second-order valence-corrected chi connectivity index (χ2v) is 6.08. The molecule has 0 radical (unpaired) electrons. The zero-order chi connectivity index (χ0) is 18.3. The second kappa shape index (κ2) is 6.17. The van der Waals surface area contributed by atoms with E-state index in [9.17, 15) is 9.59 Å². The van der Waals surface area contributed by atoms with E-state index >= 15 is 0 Å². The first-order chi connectivity index (χ1) is 12.5. The number of nitrogens with zero attached hydrogens (tertiary/aromatic N) is 4. The van der Waals surface area contributed by atoms with Crippen molar-refractivity contribution >= 4 is 16.9 Å². The highest BCUT2D eigenvalue weighted by atomic mass is 16.7. The maximum atomic E-state index is 12.4. The van der Waals surface area contributed by atoms with Crippen LogP contribution in [0.5, 0.6) is 11.5 Å². The van der Waals surface area contributed by atoms with E-state index in [1.54, 1.807) is 7.05 Å². The van der Waals surface area contributed by atoms with Crippen molar-refractivity contribution in [1.29, 1.82) is 0 Å². The molecule has 1 aliphatic rings. The number of hydrogen-bond donors (Lipinski definition) is 1. The van der Waals surface area contributed by atoms with Crippen molar-refractivity contribution in [2.75, 3.05) is 6.79 Å². The normalized spacial score (nSPS) is 13.8. The molecule has 1 amide bonds. The van der Waals surface area contributed by atoms with Gasteiger partial charge < -0.3 is 14.8 Å². The van der Waals surface area contributed by atoms with Crippen LogP contribution in [0.3, 0.4) is 0 Å². The molecule has 0 aliphatic carbocycles. The molecule has 1 N–H and O–H groups in total. The fourth-order valence-electron chi connectivity index (χ4n) is 2.89. The highest BCUT2D eigenvalue weighted by molar-refractivity contribution is 5.77. The third-order valence-corrected chi connectivity index (χ3v) is 4.31. The van der Waals surface area contributed by atoms with Crippen LogP contribution in [0.15, 0.2) is 35.5 Å². The highest BCUT2D eigenvalue weighted by Gasteiger charge is 2.17. The number of benzene rings is 1. The zero-order valence-corrected chi connectivity index (χ0v) is 14.3. The molecule has 9 heteroatoms. The Morgan fingerprint density at radius 3 is 3.00 bits per heavy atom. The van der Waals surface area contributed by atoms with Gasteiger partial charge in [-0.15, -0.1) is 0 Å². The highest BCUT2D eigenvalue weighted by Crippen LogP contribution is 2.34. The average Bonchev–Trinajstić information content (AvgIpc) is 3.23. The summed E-state index contributed by atoms with van der Waals surface area (Å²) in [5, 5.41) is 7.27. The molecule has 1 aromatic carbocycles. The van der Waals surface area contributed by atoms with Crippen LogP contribution < -0.4 is 20.3 Å². The lowest BCUT2D eigenvalue weighted by Crippen LogP contribution is -2.33. The third kappa shape index (κ3) is 2.77. The van der Waals surface area contributed by atoms with Crippen molar-refractivity contribution in [3.8, 4) is 11.5 Å². The van der Waals surface area contributed by atoms with Gasteiger partial charge in [0.2, 0.25) is 12.7 Å². The smallest absolute Gasteiger partial charge is 0.264 e. The Morgan fingerprint density at radius 2 is 2.15 bits per heavy atom. The van der Waals surface area contributed by atoms with E-state index in [1.165, 1.54) is 21.8 Å². The number of nitrogens with one attached hydrogen (secondary N) is 1. The van der Waals surface area contributed by atoms with Gasteiger partial charge in [-0.25, -0.2) is 4.98 Å². The Hall–Kier alpha value is -3.36. The molecule has 26 heavy (non-hydrogen) atoms. The maximum Gasteiger partial charge on any atom is 0.264 e. The number of aryl methyl sites for hydroxylation is 1. The Kier molecular flexibility index (Phi) is 3.83. The van der Waals surface area contributed by atoms with E-state index in [4.69, 9.17) is 9.47 Å². The van der Waals surface area contributed by atoms with E-state index in [2.05, 4.69) is 15.4 Å². The van der Waals surface area contributed by atoms with Crippen LogP contribution in [0.4, 0.5) is 0 Å². The number of carbonyl (C=O) groups excluding carboxylic acids is 1. The Bertz CT molecular complexity index is 1050. The van der Waals surface area contributed by atoms with Crippen molar-refractivity contribution in [2.45, 2.75) is 19.5 Å². The summed E-state index contributed by atoms with van der Waals surface area (Å²) in [6.45, 7) is 1.94. The van der Waals surface area contributed by atoms with Crippen LogP contribution in [-0.4, -0.2) is 32.0 Å². The van der Waals surface area contributed by atoms with E-state index in [-0.39, 0.29) is 30.8 Å². The molecule has 4 rings (SSSR count). The van der Waals surface area contributed by atoms with Gasteiger partial charge >= 0.3 is 0 Å². The van der Waals surface area contributed by atoms with Gasteiger partial charge in [-0.1, -0.05) is 6.07 Å². The number of rotatable bonds is 4. The lowest BCUT2D eigenvalue weighted by atomic mass is 10.1. The SMILES string of the molecule is C[C@@H](NC(=O)Cn1cnc2c(cnn2C)c1=O)c1ccc2c(c1)OCO2. The molecule has 9 nitrogen and oxygen atoms in total. The standard InChI is InChI=1S/C17H17N5O4/c1-10(11-3-4-13-14(5-11)26-9-25-13)20-15(23)7-22-8-18-16-12(17(22)24)6-19-21(16)2/h3-6,8,10H,7,9H2,1-2H3,(H,20,23)/t10-/m1/s1. The minimum absolute atomic E-state index is 0.119. The van der Waals surface area contributed by atoms with Gasteiger partial charge in [0.25, 0.3) is 5.56 Å². The minimum atomic E-state index is -0.297. The maximum absolute atomic E-state index is 12.4. The Balaban J connectivity index is 1.48. The van der Waals surface area contributed by atoms with Crippen molar-refractivity contribution in [3.63, 3.8) is 0 Å². The lowest BCUT2D eigenvalue weighted by Gasteiger charge is -2.15. The van der Waals surface area contributed by atoms with Crippen molar-refractivity contribution in [1.82, 2.24) is 24.6 Å². The molecule has 0 saturated carbocycles. The molecular weight excluding hydrogens is 338 g/mol. The lowest BCUT2D eigenvalue weighted by molar-refractivity contribution is -0.122. The van der Waals surface area contributed by atoms with Gasteiger partial charge in [0.1, 0.15) is 18.3 Å². The first kappa shape index (κ1) is 16.1. The molecule has 3 aromatic rings. The monoisotopic (exact) mass is 355 g/mol. The third-order valence-electron chi connectivity index (χ3n) is 4.31. The van der Waals surface area contributed by atoms with E-state index in [0.29, 0.717) is 22.5 Å². The summed E-state index contributed by atoms with van der Waals surface area (Å²) in [6.07, 6.45) is 2.81. The predicted molar refractivity (Wildman–Crippen MR) is 91.9 cm³/mol. The minimum Gasteiger partial charge on any atom is -0.454 e. The van der Waals surface area contributed by atoms with Crippen LogP contribution in [0.1, 0.15) is 18.5 Å². The second-order valence-electron chi connectivity index (χ2n) is 6.08. The van der Waals surface area contributed by atoms with Crippen LogP contribution in [0.2, 0.25) is 0 Å². The molecular formula is C17H17N5O4. The summed E-state index contributed by atoms with van der Waals surface area (Å²) in [5.74, 6) is 1.06. The average molecular weight is 355 g/mol. The van der Waals surface area contributed by atoms with Gasteiger partial charge in [-0.2, -0.15) is 5.10 Å². The molecule has 134 valence electrons. The first-order valence-corrected chi connectivity index (χ1v) is 8.09. The summed E-state index contributed by atoms with van der Waals surface area (Å²) in [7, 11) is 1.71. The number of carbonyl (C=O) groups is 1. The molecule has 2 aromatic heterocycles. The predicted octanol–water partition coefficient (Wildman–Crippen LogP) is 0.736. The van der Waals surface area contributed by atoms with Crippen LogP contribution in [-0.2, 0) is 18.4 Å². The Morgan fingerprint density at radius 1 is 1.35 bits per heavy atom. The fourth-order valence-corrected chi connectivity index (χ4v) is 2.89. The van der Waals surface area contributed by atoms with Crippen molar-refractivity contribution < 1.29 is 14.3 Å². The molecule has 0 bridgehead atoms. The quantitative estimate of drug-likeness (QED) is 0.741. The van der Waals surface area contributed by atoms with Crippen molar-refractivity contribution in [3.05, 3.63) is 46.6 Å². The van der Waals surface area contributed by atoms with Gasteiger partial charge in [0, 0.05) is 7.05 Å². The molecule has 0 spiro atoms. The number of amides is 1. The Labute approximate surface area is 148 Å². The zero-order valence-electron chi connectivity index (χ0n) is 14.3. The molecule has 0 fully saturated rings. The van der Waals surface area contributed by atoms with Crippen LogP contribution in [0, 0.1) is 0 Å². The summed E-state index contributed by atoms with van der Waals surface area (Å²) < 4.78 is 13.4. The molecule has 1 aliphatic heterocycles. The largest absolute Gasteiger partial charge is 0.454 e. The fraction of sp³-hybridized carbons (Fsp3) is 0.294. The van der Waals surface area contributed by atoms with Gasteiger partial charge in [0.15, 0.2) is 17.1 Å². The number of hydrogen-bond acceptors (Lipinski definition) is 6. The number of fused-ring (bicyclic) bond motifs is 2. The summed E-state index contributed by atoms with van der Waals surface area (Å²) in [4.78, 5) is 29.0. The first-order valence-electron chi connectivity index (χ1n) is 8.09. The molecule has 0 unspecified atom stereocenters. The molecule has 0 saturated heterocycles. The summed E-state index contributed by atoms with van der Waals surface area (Å²) in [6, 6.07) is 5.27. The van der Waals surface area contributed by atoms with Crippen LogP contribution >= 0.6 is 0 Å². The van der Waals surface area contributed by atoms with Gasteiger partial charge in [-0.05, 0) is 24.6 Å². The summed E-state index contributed by atoms with van der Waals surface area (Å²) >= 11 is 0. The molecule has 1 atom stereocenters. The van der Waals surface area contributed by atoms with Crippen molar-refractivity contribution in [2.24, 2.45) is 7.05 Å². The number of ether oxygens (including phenoxy) is 2. The van der Waals surface area contributed by atoms with E-state index < -0.39 is 0 Å². The summed E-state index contributed by atoms with van der Waals surface area (Å²) in [5.41, 5.74) is 1.07. The van der Waals surface area contributed by atoms with E-state index in [1.807, 2.05) is 25.1 Å². The van der Waals surface area contributed by atoms with Crippen LogP contribution in [0.25, 0.3) is 11.0 Å².